The van der Waals surface area contributed by atoms with Gasteiger partial charge in [0.15, 0.2) is 17.7 Å². The van der Waals surface area contributed by atoms with Crippen LogP contribution in [0.3, 0.4) is 0 Å². The van der Waals surface area contributed by atoms with E-state index in [1.165, 1.54) is 25.0 Å². The zero-order chi connectivity index (χ0) is 16.8. The first kappa shape index (κ1) is 16.5. The standard InChI is InChI=1S/C12H16BrN5O5/c1-12(21)7(20)5(3-19)23-11(12)18-10-6(8(13)16-18)9(17-22-2)14-4-15-10/h4-5,7,11,19-21H,3H2,1-2H3,(H,14,15,17)/t5-,7-,11-,12-/m1/s1. The highest BCUT2D eigenvalue weighted by atomic mass is 79.9. The van der Waals surface area contributed by atoms with Gasteiger partial charge in [-0.2, -0.15) is 5.10 Å². The molecule has 4 atom stereocenters. The first-order chi connectivity index (χ1) is 10.9. The topological polar surface area (TPSA) is 135 Å². The molecule has 0 aromatic carbocycles. The molecule has 1 aliphatic heterocycles. The summed E-state index contributed by atoms with van der Waals surface area (Å²) in [5.41, 5.74) is 1.32. The van der Waals surface area contributed by atoms with E-state index in [4.69, 9.17) is 9.57 Å². The first-order valence-electron chi connectivity index (χ1n) is 6.76. The number of nitrogens with one attached hydrogen (secondary N) is 1. The summed E-state index contributed by atoms with van der Waals surface area (Å²) in [6.45, 7) is 0.981. The second kappa shape index (κ2) is 5.92. The summed E-state index contributed by atoms with van der Waals surface area (Å²) < 4.78 is 7.31. The maximum Gasteiger partial charge on any atom is 0.183 e. The minimum Gasteiger partial charge on any atom is -0.394 e. The van der Waals surface area contributed by atoms with Crippen molar-refractivity contribution in [1.29, 1.82) is 0 Å². The molecule has 0 spiro atoms. The van der Waals surface area contributed by atoms with E-state index in [0.717, 1.165) is 0 Å². The number of hydrogen-bond donors (Lipinski definition) is 4. The van der Waals surface area contributed by atoms with Crippen LogP contribution in [0, 0.1) is 0 Å². The van der Waals surface area contributed by atoms with Crippen molar-refractivity contribution in [3.8, 4) is 0 Å². The Kier molecular flexibility index (Phi) is 4.25. The van der Waals surface area contributed by atoms with Gasteiger partial charge in [0.2, 0.25) is 0 Å². The summed E-state index contributed by atoms with van der Waals surface area (Å²) in [7, 11) is 1.44. The van der Waals surface area contributed by atoms with Crippen molar-refractivity contribution in [2.45, 2.75) is 31.0 Å². The summed E-state index contributed by atoms with van der Waals surface area (Å²) in [5, 5.41) is 34.8. The zero-order valence-electron chi connectivity index (χ0n) is 12.3. The Hall–Kier alpha value is -1.37. The van der Waals surface area contributed by atoms with Crippen molar-refractivity contribution in [2.75, 3.05) is 19.2 Å². The molecule has 0 radical (unpaired) electrons. The third-order valence-corrected chi connectivity index (χ3v) is 4.36. The second-order valence-corrected chi connectivity index (χ2v) is 6.09. The Morgan fingerprint density at radius 1 is 1.52 bits per heavy atom. The van der Waals surface area contributed by atoms with Crippen LogP contribution < -0.4 is 5.48 Å². The molecule has 1 saturated heterocycles. The summed E-state index contributed by atoms with van der Waals surface area (Å²) >= 11 is 3.31. The Morgan fingerprint density at radius 3 is 2.87 bits per heavy atom. The molecule has 11 heteroatoms. The van der Waals surface area contributed by atoms with Crippen LogP contribution >= 0.6 is 15.9 Å². The molecule has 126 valence electrons. The Balaban J connectivity index is 2.13. The molecule has 0 aliphatic carbocycles. The molecule has 1 aliphatic rings. The molecule has 3 rings (SSSR count). The molecule has 0 amide bonds. The van der Waals surface area contributed by atoms with Crippen molar-refractivity contribution >= 4 is 32.8 Å². The number of nitrogens with zero attached hydrogens (tertiary/aromatic N) is 4. The van der Waals surface area contributed by atoms with E-state index >= 15 is 0 Å². The molecule has 4 N–H and O–H groups in total. The van der Waals surface area contributed by atoms with E-state index in [0.29, 0.717) is 21.5 Å². The second-order valence-electron chi connectivity index (χ2n) is 5.34. The van der Waals surface area contributed by atoms with Crippen molar-refractivity contribution in [1.82, 2.24) is 19.7 Å². The number of anilines is 1. The lowest BCUT2D eigenvalue weighted by Gasteiger charge is -2.26. The molecule has 10 nitrogen and oxygen atoms in total. The maximum absolute atomic E-state index is 10.6. The highest BCUT2D eigenvalue weighted by Crippen LogP contribution is 2.40. The van der Waals surface area contributed by atoms with Crippen molar-refractivity contribution in [2.24, 2.45) is 0 Å². The molecule has 3 heterocycles. The van der Waals surface area contributed by atoms with Gasteiger partial charge in [-0.25, -0.2) is 20.1 Å². The Morgan fingerprint density at radius 2 is 2.26 bits per heavy atom. The van der Waals surface area contributed by atoms with Crippen LogP contribution in [0.4, 0.5) is 5.82 Å². The van der Waals surface area contributed by atoms with Crippen LogP contribution in [-0.4, -0.2) is 66.6 Å². The predicted octanol–water partition coefficient (Wildman–Crippen LogP) is -0.436. The summed E-state index contributed by atoms with van der Waals surface area (Å²) in [4.78, 5) is 13.1. The minimum absolute atomic E-state index is 0.363. The lowest BCUT2D eigenvalue weighted by atomic mass is 9.97. The van der Waals surface area contributed by atoms with E-state index < -0.39 is 30.6 Å². The highest BCUT2D eigenvalue weighted by Gasteiger charge is 2.53. The summed E-state index contributed by atoms with van der Waals surface area (Å²) in [6, 6.07) is 0. The van der Waals surface area contributed by atoms with Crippen LogP contribution in [0.1, 0.15) is 13.2 Å². The predicted molar refractivity (Wildman–Crippen MR) is 81.3 cm³/mol. The van der Waals surface area contributed by atoms with E-state index in [-0.39, 0.29) is 0 Å². The van der Waals surface area contributed by atoms with Gasteiger partial charge < -0.3 is 20.1 Å². The Labute approximate surface area is 139 Å². The number of halogens is 1. The van der Waals surface area contributed by atoms with Gasteiger partial charge >= 0.3 is 0 Å². The molecule has 0 unspecified atom stereocenters. The fourth-order valence-electron chi connectivity index (χ4n) is 2.62. The van der Waals surface area contributed by atoms with Crippen molar-refractivity contribution in [3.63, 3.8) is 0 Å². The lowest BCUT2D eigenvalue weighted by Crippen LogP contribution is -2.44. The average molecular weight is 390 g/mol. The van der Waals surface area contributed by atoms with Gasteiger partial charge in [-0.15, -0.1) is 0 Å². The quantitative estimate of drug-likeness (QED) is 0.513. The molecule has 0 saturated carbocycles. The number of aliphatic hydroxyl groups is 3. The van der Waals surface area contributed by atoms with Gasteiger partial charge in [-0.1, -0.05) is 0 Å². The third kappa shape index (κ3) is 2.49. The molecule has 0 bridgehead atoms. The van der Waals surface area contributed by atoms with Gasteiger partial charge in [0.05, 0.1) is 19.1 Å². The fraction of sp³-hybridized carbons (Fsp3) is 0.583. The molecule has 1 fully saturated rings. The summed E-state index contributed by atoms with van der Waals surface area (Å²) in [5.74, 6) is 0.382. The monoisotopic (exact) mass is 389 g/mol. The van der Waals surface area contributed by atoms with Gasteiger partial charge in [-0.05, 0) is 22.9 Å². The highest BCUT2D eigenvalue weighted by molar-refractivity contribution is 9.10. The van der Waals surface area contributed by atoms with E-state index in [9.17, 15) is 15.3 Å². The average Bonchev–Trinajstić information content (AvgIpc) is 2.96. The van der Waals surface area contributed by atoms with Crippen molar-refractivity contribution in [3.05, 3.63) is 10.9 Å². The molecular formula is C12H16BrN5O5. The SMILES string of the molecule is CONc1ncnc2c1c(Br)nn2[C@@H]1O[C@H](CO)[C@@H](O)[C@@]1(C)O. The van der Waals surface area contributed by atoms with Crippen molar-refractivity contribution < 1.29 is 24.9 Å². The van der Waals surface area contributed by atoms with Crippen LogP contribution in [-0.2, 0) is 9.57 Å². The molecular weight excluding hydrogens is 374 g/mol. The van der Waals surface area contributed by atoms with Crippen LogP contribution in [0.25, 0.3) is 11.0 Å². The largest absolute Gasteiger partial charge is 0.394 e. The molecule has 2 aromatic heterocycles. The van der Waals surface area contributed by atoms with Gasteiger partial charge in [-0.3, -0.25) is 4.84 Å². The third-order valence-electron chi connectivity index (χ3n) is 3.80. The lowest BCUT2D eigenvalue weighted by molar-refractivity contribution is -0.100. The number of hydrogen-bond acceptors (Lipinski definition) is 9. The van der Waals surface area contributed by atoms with Gasteiger partial charge in [0.1, 0.15) is 28.7 Å². The Bertz CT molecular complexity index is 723. The normalized spacial score (nSPS) is 31.0. The van der Waals surface area contributed by atoms with Crippen LogP contribution in [0.5, 0.6) is 0 Å². The van der Waals surface area contributed by atoms with Crippen LogP contribution in [0.15, 0.2) is 10.9 Å². The van der Waals surface area contributed by atoms with Gasteiger partial charge in [0, 0.05) is 0 Å². The zero-order valence-corrected chi connectivity index (χ0v) is 13.9. The van der Waals surface area contributed by atoms with E-state index in [1.807, 2.05) is 0 Å². The van der Waals surface area contributed by atoms with E-state index in [2.05, 4.69) is 36.5 Å². The smallest absolute Gasteiger partial charge is 0.183 e. The number of fused-ring (bicyclic) bond motifs is 1. The summed E-state index contributed by atoms with van der Waals surface area (Å²) in [6.07, 6.45) is -1.92. The van der Waals surface area contributed by atoms with Gasteiger partial charge in [0.25, 0.3) is 0 Å². The molecule has 2 aromatic rings. The number of aliphatic hydroxyl groups excluding tert-OH is 2. The number of aromatic nitrogens is 4. The minimum atomic E-state index is -1.66. The fourth-order valence-corrected chi connectivity index (χ4v) is 3.15. The number of ether oxygens (including phenoxy) is 1. The maximum atomic E-state index is 10.6. The van der Waals surface area contributed by atoms with Crippen LogP contribution in [0.2, 0.25) is 0 Å². The molecule has 23 heavy (non-hydrogen) atoms. The first-order valence-corrected chi connectivity index (χ1v) is 7.55. The van der Waals surface area contributed by atoms with E-state index in [1.54, 1.807) is 0 Å². The number of rotatable bonds is 4.